The largest absolute Gasteiger partial charge is 0.348 e. The van der Waals surface area contributed by atoms with Gasteiger partial charge in [0.2, 0.25) is 0 Å². The number of aromatic nitrogens is 2. The highest BCUT2D eigenvalue weighted by atomic mass is 19.1. The Labute approximate surface area is 135 Å². The Bertz CT molecular complexity index is 768. The van der Waals surface area contributed by atoms with Gasteiger partial charge in [-0.15, -0.1) is 0 Å². The number of halogens is 1. The molecule has 0 unspecified atom stereocenters. The maximum atomic E-state index is 13.5. The number of hydrogen-bond donors (Lipinski definition) is 0. The second-order valence-electron chi connectivity index (χ2n) is 6.42. The van der Waals surface area contributed by atoms with Crippen molar-refractivity contribution in [3.63, 3.8) is 0 Å². The first-order chi connectivity index (χ1) is 11.3. The van der Waals surface area contributed by atoms with Gasteiger partial charge in [0, 0.05) is 36.7 Å². The summed E-state index contributed by atoms with van der Waals surface area (Å²) in [5, 5.41) is 0. The predicted molar refractivity (Wildman–Crippen MR) is 90.0 cm³/mol. The predicted octanol–water partition coefficient (Wildman–Crippen LogP) is 4.10. The highest BCUT2D eigenvalue weighted by Gasteiger charge is 2.22. The third kappa shape index (κ3) is 3.26. The van der Waals surface area contributed by atoms with E-state index in [9.17, 15) is 4.39 Å². The Morgan fingerprint density at radius 3 is 3.04 bits per heavy atom. The minimum Gasteiger partial charge on any atom is -0.348 e. The van der Waals surface area contributed by atoms with E-state index in [1.54, 1.807) is 6.20 Å². The Balaban J connectivity index is 1.67. The van der Waals surface area contributed by atoms with E-state index in [2.05, 4.69) is 38.9 Å². The van der Waals surface area contributed by atoms with Crippen molar-refractivity contribution in [1.29, 1.82) is 0 Å². The average molecular weight is 309 g/mol. The average Bonchev–Trinajstić information content (AvgIpc) is 3.27. The van der Waals surface area contributed by atoms with Crippen LogP contribution in [0.3, 0.4) is 0 Å². The normalized spacial score (nSPS) is 19.9. The van der Waals surface area contributed by atoms with Crippen LogP contribution in [0.1, 0.15) is 36.9 Å². The fraction of sp³-hybridized carbons (Fsp3) is 0.368. The summed E-state index contributed by atoms with van der Waals surface area (Å²) in [5.74, 6) is 0.527. The molecule has 0 aromatic carbocycles. The molecule has 2 aromatic rings. The van der Waals surface area contributed by atoms with Crippen LogP contribution >= 0.6 is 0 Å². The highest BCUT2D eigenvalue weighted by molar-refractivity contribution is 6.15. The van der Waals surface area contributed by atoms with Gasteiger partial charge in [0.25, 0.3) is 0 Å². The van der Waals surface area contributed by atoms with E-state index in [1.807, 2.05) is 0 Å². The van der Waals surface area contributed by atoms with E-state index in [0.29, 0.717) is 0 Å². The van der Waals surface area contributed by atoms with Crippen LogP contribution in [-0.4, -0.2) is 21.8 Å². The van der Waals surface area contributed by atoms with Gasteiger partial charge in [0.1, 0.15) is 5.82 Å². The second-order valence-corrected chi connectivity index (χ2v) is 6.42. The fourth-order valence-electron chi connectivity index (χ4n) is 3.12. The molecule has 1 fully saturated rings. The van der Waals surface area contributed by atoms with Crippen molar-refractivity contribution in [2.45, 2.75) is 32.2 Å². The molecule has 0 bridgehead atoms. The third-order valence-corrected chi connectivity index (χ3v) is 4.50. The molecule has 1 saturated carbocycles. The first kappa shape index (κ1) is 14.4. The number of hydrogen-bond acceptors (Lipinski definition) is 2. The van der Waals surface area contributed by atoms with E-state index in [0.717, 1.165) is 43.1 Å². The van der Waals surface area contributed by atoms with Crippen LogP contribution in [0, 0.1) is 11.7 Å². The van der Waals surface area contributed by atoms with Gasteiger partial charge in [-0.05, 0) is 61.4 Å². The summed E-state index contributed by atoms with van der Waals surface area (Å²) in [6.45, 7) is 1.90. The van der Waals surface area contributed by atoms with E-state index < -0.39 is 0 Å². The molecule has 0 saturated heterocycles. The second kappa shape index (κ2) is 6.11. The van der Waals surface area contributed by atoms with Gasteiger partial charge in [-0.2, -0.15) is 0 Å². The lowest BCUT2D eigenvalue weighted by molar-refractivity contribution is 0.621. The molecule has 3 nitrogen and oxygen atoms in total. The molecule has 0 atom stereocenters. The van der Waals surface area contributed by atoms with E-state index in [-0.39, 0.29) is 5.82 Å². The minimum absolute atomic E-state index is 0.313. The molecular formula is C19H20FN3. The Morgan fingerprint density at radius 2 is 2.22 bits per heavy atom. The quantitative estimate of drug-likeness (QED) is 0.836. The molecule has 1 aliphatic heterocycles. The molecule has 0 N–H and O–H groups in total. The standard InChI is InChI=1S/C19H20FN3/c20-17-9-16(11-21-12-17)19-15(3-1-7-22-19)10-18-4-2-8-23(18)13-14-5-6-14/h2,4,8-12,14H,1,3,5-7,13H2/b15-10+. The lowest BCUT2D eigenvalue weighted by Gasteiger charge is -2.17. The van der Waals surface area contributed by atoms with Crippen molar-refractivity contribution in [2.75, 3.05) is 6.54 Å². The zero-order valence-electron chi connectivity index (χ0n) is 13.1. The monoisotopic (exact) mass is 309 g/mol. The molecule has 0 spiro atoms. The molecule has 4 heteroatoms. The molecule has 3 heterocycles. The molecule has 4 rings (SSSR count). The van der Waals surface area contributed by atoms with Crippen molar-refractivity contribution < 1.29 is 4.39 Å². The number of allylic oxidation sites excluding steroid dienone is 1. The Hall–Kier alpha value is -2.23. The van der Waals surface area contributed by atoms with Gasteiger partial charge in [-0.3, -0.25) is 9.98 Å². The van der Waals surface area contributed by atoms with Crippen molar-refractivity contribution >= 4 is 11.8 Å². The highest BCUT2D eigenvalue weighted by Crippen LogP contribution is 2.31. The van der Waals surface area contributed by atoms with Gasteiger partial charge in [0.05, 0.1) is 11.9 Å². The van der Waals surface area contributed by atoms with Crippen LogP contribution in [0.5, 0.6) is 0 Å². The molecule has 2 aromatic heterocycles. The molecule has 0 radical (unpaired) electrons. The maximum Gasteiger partial charge on any atom is 0.142 e. The topological polar surface area (TPSA) is 30.2 Å². The molecule has 23 heavy (non-hydrogen) atoms. The zero-order chi connectivity index (χ0) is 15.6. The van der Waals surface area contributed by atoms with Gasteiger partial charge in [-0.1, -0.05) is 0 Å². The lowest BCUT2D eigenvalue weighted by atomic mass is 9.96. The first-order valence-corrected chi connectivity index (χ1v) is 8.31. The van der Waals surface area contributed by atoms with E-state index in [4.69, 9.17) is 0 Å². The van der Waals surface area contributed by atoms with Crippen molar-refractivity contribution in [3.8, 4) is 0 Å². The molecule has 118 valence electrons. The summed E-state index contributed by atoms with van der Waals surface area (Å²) >= 11 is 0. The van der Waals surface area contributed by atoms with Gasteiger partial charge < -0.3 is 4.57 Å². The zero-order valence-corrected chi connectivity index (χ0v) is 13.1. The number of aliphatic imine (C=N–C) groups is 1. The van der Waals surface area contributed by atoms with Crippen LogP contribution in [-0.2, 0) is 6.54 Å². The summed E-state index contributed by atoms with van der Waals surface area (Å²) in [4.78, 5) is 8.61. The molecule has 1 aliphatic carbocycles. The number of pyridine rings is 1. The fourth-order valence-corrected chi connectivity index (χ4v) is 3.12. The molecule has 2 aliphatic rings. The smallest absolute Gasteiger partial charge is 0.142 e. The van der Waals surface area contributed by atoms with Gasteiger partial charge in [-0.25, -0.2) is 4.39 Å². The molecular weight excluding hydrogens is 289 g/mol. The Kier molecular flexibility index (Phi) is 3.82. The Morgan fingerprint density at radius 1 is 1.30 bits per heavy atom. The van der Waals surface area contributed by atoms with Crippen LogP contribution in [0.25, 0.3) is 6.08 Å². The molecule has 0 amide bonds. The number of nitrogens with zero attached hydrogens (tertiary/aromatic N) is 3. The SMILES string of the molecule is Fc1cncc(C2=NCCC/C2=C\c2cccn2CC2CC2)c1. The van der Waals surface area contributed by atoms with Crippen molar-refractivity contribution in [3.05, 3.63) is 59.4 Å². The summed E-state index contributed by atoms with van der Waals surface area (Å²) in [5.41, 5.74) is 4.06. The minimum atomic E-state index is -0.313. The summed E-state index contributed by atoms with van der Waals surface area (Å²) in [7, 11) is 0. The van der Waals surface area contributed by atoms with E-state index in [1.165, 1.54) is 36.4 Å². The van der Waals surface area contributed by atoms with Crippen molar-refractivity contribution in [1.82, 2.24) is 9.55 Å². The summed E-state index contributed by atoms with van der Waals surface area (Å²) in [6.07, 6.45) is 12.0. The number of rotatable bonds is 4. The van der Waals surface area contributed by atoms with Gasteiger partial charge in [0.15, 0.2) is 0 Å². The van der Waals surface area contributed by atoms with Crippen LogP contribution in [0.4, 0.5) is 4.39 Å². The van der Waals surface area contributed by atoms with Crippen LogP contribution in [0.2, 0.25) is 0 Å². The summed E-state index contributed by atoms with van der Waals surface area (Å²) < 4.78 is 15.8. The third-order valence-electron chi connectivity index (χ3n) is 4.50. The lowest BCUT2D eigenvalue weighted by Crippen LogP contribution is -2.13. The van der Waals surface area contributed by atoms with Crippen LogP contribution < -0.4 is 0 Å². The van der Waals surface area contributed by atoms with E-state index >= 15 is 0 Å². The maximum absolute atomic E-state index is 13.5. The summed E-state index contributed by atoms with van der Waals surface area (Å²) in [6, 6.07) is 5.76. The van der Waals surface area contributed by atoms with Gasteiger partial charge >= 0.3 is 0 Å². The first-order valence-electron chi connectivity index (χ1n) is 8.31. The van der Waals surface area contributed by atoms with Crippen molar-refractivity contribution in [2.24, 2.45) is 10.9 Å². The van der Waals surface area contributed by atoms with Crippen LogP contribution in [0.15, 0.2) is 47.4 Å².